The van der Waals surface area contributed by atoms with Crippen molar-refractivity contribution in [1.82, 2.24) is 10.2 Å². The summed E-state index contributed by atoms with van der Waals surface area (Å²) in [6.45, 7) is 10.3. The van der Waals surface area contributed by atoms with Crippen LogP contribution < -0.4 is 5.32 Å². The molecule has 0 radical (unpaired) electrons. The molecule has 1 aromatic carbocycles. The highest BCUT2D eigenvalue weighted by molar-refractivity contribution is 5.81. The van der Waals surface area contributed by atoms with Gasteiger partial charge in [0.05, 0.1) is 0 Å². The molecule has 0 aliphatic rings. The molecule has 21 heavy (non-hydrogen) atoms. The molecule has 1 rings (SSSR count). The molecular weight excluding hydrogens is 264 g/mol. The van der Waals surface area contributed by atoms with Crippen LogP contribution in [0.3, 0.4) is 0 Å². The first-order valence-electron chi connectivity index (χ1n) is 7.76. The molecule has 0 aliphatic carbocycles. The lowest BCUT2D eigenvalue weighted by Crippen LogP contribution is -2.57. The summed E-state index contributed by atoms with van der Waals surface area (Å²) in [5, 5.41) is 13.2. The van der Waals surface area contributed by atoms with Gasteiger partial charge in [-0.3, -0.25) is 10.2 Å². The molecule has 0 fully saturated rings. The lowest BCUT2D eigenvalue weighted by molar-refractivity contribution is -0.146. The summed E-state index contributed by atoms with van der Waals surface area (Å²) in [5.74, 6) is -0.818. The Balaban J connectivity index is 3.21. The van der Waals surface area contributed by atoms with Crippen LogP contribution in [0.2, 0.25) is 0 Å². The molecule has 0 aliphatic heterocycles. The zero-order chi connectivity index (χ0) is 15.9. The van der Waals surface area contributed by atoms with Gasteiger partial charge in [0, 0.05) is 12.6 Å². The van der Waals surface area contributed by atoms with Gasteiger partial charge in [0.2, 0.25) is 0 Å². The molecule has 4 nitrogen and oxygen atoms in total. The summed E-state index contributed by atoms with van der Waals surface area (Å²) in [6, 6.07) is 9.80. The smallest absolute Gasteiger partial charge is 0.329 e. The summed E-state index contributed by atoms with van der Waals surface area (Å²) >= 11 is 0. The number of aliphatic carboxylic acids is 1. The molecule has 0 saturated heterocycles. The number of nitrogens with one attached hydrogen (secondary N) is 1. The molecular formula is C17H28N2O2. The lowest BCUT2D eigenvalue weighted by atomic mass is 9.88. The van der Waals surface area contributed by atoms with Crippen molar-refractivity contribution in [3.8, 4) is 0 Å². The number of nitrogens with zero attached hydrogens (tertiary/aromatic N) is 1. The number of hydrogen-bond donors (Lipinski definition) is 2. The molecule has 0 heterocycles. The third-order valence-electron chi connectivity index (χ3n) is 3.89. The van der Waals surface area contributed by atoms with Gasteiger partial charge in [-0.05, 0) is 38.9 Å². The van der Waals surface area contributed by atoms with E-state index in [1.54, 1.807) is 0 Å². The van der Waals surface area contributed by atoms with Crippen molar-refractivity contribution >= 4 is 5.97 Å². The third kappa shape index (κ3) is 4.29. The average molecular weight is 292 g/mol. The fourth-order valence-corrected chi connectivity index (χ4v) is 2.54. The number of hydrogen-bond acceptors (Lipinski definition) is 3. The third-order valence-corrected chi connectivity index (χ3v) is 3.89. The van der Waals surface area contributed by atoms with E-state index in [1.807, 2.05) is 37.3 Å². The molecule has 1 atom stereocenters. The van der Waals surface area contributed by atoms with Gasteiger partial charge >= 0.3 is 5.97 Å². The molecule has 0 amide bonds. The zero-order valence-electron chi connectivity index (χ0n) is 13.6. The summed E-state index contributed by atoms with van der Waals surface area (Å²) in [6.07, 6.45) is 0.898. The Morgan fingerprint density at radius 2 is 1.90 bits per heavy atom. The van der Waals surface area contributed by atoms with Crippen molar-refractivity contribution in [1.29, 1.82) is 0 Å². The molecule has 0 saturated carbocycles. The monoisotopic (exact) mass is 292 g/mol. The van der Waals surface area contributed by atoms with Gasteiger partial charge in [-0.2, -0.15) is 0 Å². The maximum Gasteiger partial charge on any atom is 0.329 e. The Kier molecular flexibility index (Phi) is 6.85. The van der Waals surface area contributed by atoms with Crippen LogP contribution in [0.25, 0.3) is 0 Å². The minimum Gasteiger partial charge on any atom is -0.480 e. The zero-order valence-corrected chi connectivity index (χ0v) is 13.6. The average Bonchev–Trinajstić information content (AvgIpc) is 2.48. The van der Waals surface area contributed by atoms with Crippen LogP contribution in [-0.2, 0) is 10.3 Å². The van der Waals surface area contributed by atoms with E-state index < -0.39 is 11.5 Å². The number of carboxylic acid groups (broad SMARTS) is 1. The van der Waals surface area contributed by atoms with Crippen molar-refractivity contribution < 1.29 is 9.90 Å². The normalized spacial score (nSPS) is 14.4. The Labute approximate surface area is 128 Å². The van der Waals surface area contributed by atoms with E-state index in [1.165, 1.54) is 0 Å². The Bertz CT molecular complexity index is 434. The van der Waals surface area contributed by atoms with Crippen LogP contribution in [-0.4, -0.2) is 41.7 Å². The van der Waals surface area contributed by atoms with Crippen LogP contribution in [0, 0.1) is 0 Å². The Morgan fingerprint density at radius 3 is 2.33 bits per heavy atom. The molecule has 4 heteroatoms. The van der Waals surface area contributed by atoms with Gasteiger partial charge in [0.1, 0.15) is 0 Å². The van der Waals surface area contributed by atoms with Gasteiger partial charge in [-0.1, -0.05) is 44.2 Å². The van der Waals surface area contributed by atoms with E-state index in [0.29, 0.717) is 19.1 Å². The fraction of sp³-hybridized carbons (Fsp3) is 0.588. The van der Waals surface area contributed by atoms with Crippen molar-refractivity contribution in [2.75, 3.05) is 19.6 Å². The predicted molar refractivity (Wildman–Crippen MR) is 86.4 cm³/mol. The molecule has 0 bridgehead atoms. The van der Waals surface area contributed by atoms with Gasteiger partial charge < -0.3 is 5.11 Å². The van der Waals surface area contributed by atoms with Crippen LogP contribution in [0.1, 0.15) is 39.7 Å². The summed E-state index contributed by atoms with van der Waals surface area (Å²) in [5.41, 5.74) is -0.248. The van der Waals surface area contributed by atoms with Crippen LogP contribution >= 0.6 is 0 Å². The summed E-state index contributed by atoms with van der Waals surface area (Å²) in [7, 11) is 0. The van der Waals surface area contributed by atoms with E-state index in [2.05, 4.69) is 31.0 Å². The number of rotatable bonds is 9. The summed E-state index contributed by atoms with van der Waals surface area (Å²) < 4.78 is 0. The lowest BCUT2D eigenvalue weighted by Gasteiger charge is -2.37. The van der Waals surface area contributed by atoms with Gasteiger partial charge in [0.15, 0.2) is 5.54 Å². The van der Waals surface area contributed by atoms with E-state index in [0.717, 1.165) is 18.5 Å². The second-order valence-electron chi connectivity index (χ2n) is 5.66. The maximum absolute atomic E-state index is 12.1. The topological polar surface area (TPSA) is 52.6 Å². The van der Waals surface area contributed by atoms with E-state index in [-0.39, 0.29) is 0 Å². The highest BCUT2D eigenvalue weighted by Crippen LogP contribution is 2.24. The number of carbonyl (C=O) groups is 1. The fourth-order valence-electron chi connectivity index (χ4n) is 2.54. The van der Waals surface area contributed by atoms with Gasteiger partial charge in [0.25, 0.3) is 0 Å². The Morgan fingerprint density at radius 1 is 1.29 bits per heavy atom. The highest BCUT2D eigenvalue weighted by Gasteiger charge is 2.41. The molecule has 1 aromatic rings. The number of carboxylic acids is 1. The number of benzene rings is 1. The standard InChI is InChI=1S/C17H28N2O2/c1-5-12-18-17(16(20)21,13-19(6-2)14(3)4)15-10-8-7-9-11-15/h7-11,14,18H,5-6,12-13H2,1-4H3,(H,20,21). The minimum atomic E-state index is -1.06. The van der Waals surface area contributed by atoms with Gasteiger partial charge in [-0.15, -0.1) is 0 Å². The molecule has 0 spiro atoms. The van der Waals surface area contributed by atoms with Crippen LogP contribution in [0.5, 0.6) is 0 Å². The van der Waals surface area contributed by atoms with Gasteiger partial charge in [-0.25, -0.2) is 4.79 Å². The molecule has 1 unspecified atom stereocenters. The van der Waals surface area contributed by atoms with Crippen molar-refractivity contribution in [3.63, 3.8) is 0 Å². The maximum atomic E-state index is 12.1. The second-order valence-corrected chi connectivity index (χ2v) is 5.66. The molecule has 118 valence electrons. The second kappa shape index (κ2) is 8.15. The van der Waals surface area contributed by atoms with Crippen molar-refractivity contribution in [2.45, 2.75) is 45.7 Å². The van der Waals surface area contributed by atoms with Crippen molar-refractivity contribution in [2.24, 2.45) is 0 Å². The highest BCUT2D eigenvalue weighted by atomic mass is 16.4. The van der Waals surface area contributed by atoms with Crippen LogP contribution in [0.4, 0.5) is 0 Å². The quantitative estimate of drug-likeness (QED) is 0.735. The molecule has 0 aromatic heterocycles. The minimum absolute atomic E-state index is 0.306. The first kappa shape index (κ1) is 17.7. The van der Waals surface area contributed by atoms with E-state index >= 15 is 0 Å². The molecule has 2 N–H and O–H groups in total. The number of likely N-dealkylation sites (N-methyl/N-ethyl adjacent to an activating group) is 1. The van der Waals surface area contributed by atoms with Crippen molar-refractivity contribution in [3.05, 3.63) is 35.9 Å². The Hall–Kier alpha value is -1.39. The van der Waals surface area contributed by atoms with E-state index in [4.69, 9.17) is 0 Å². The van der Waals surface area contributed by atoms with Crippen LogP contribution in [0.15, 0.2) is 30.3 Å². The first-order chi connectivity index (χ1) is 9.97. The largest absolute Gasteiger partial charge is 0.480 e. The SMILES string of the molecule is CCCNC(CN(CC)C(C)C)(C(=O)O)c1ccccc1. The summed E-state index contributed by atoms with van der Waals surface area (Å²) in [4.78, 5) is 14.3. The first-order valence-corrected chi connectivity index (χ1v) is 7.76. The van der Waals surface area contributed by atoms with E-state index in [9.17, 15) is 9.90 Å². The predicted octanol–water partition coefficient (Wildman–Crippen LogP) is 2.70.